The van der Waals surface area contributed by atoms with Gasteiger partial charge in [-0.05, 0) is 24.6 Å². The Morgan fingerprint density at radius 2 is 2.00 bits per heavy atom. The van der Waals surface area contributed by atoms with E-state index in [4.69, 9.17) is 4.74 Å². The van der Waals surface area contributed by atoms with E-state index in [0.717, 1.165) is 10.5 Å². The van der Waals surface area contributed by atoms with Crippen molar-refractivity contribution in [3.8, 4) is 5.75 Å². The number of hydrogen-bond donors (Lipinski definition) is 1. The Hall–Kier alpha value is -1.76. The van der Waals surface area contributed by atoms with Gasteiger partial charge in [0, 0.05) is 13.6 Å². The van der Waals surface area contributed by atoms with Crippen molar-refractivity contribution in [2.75, 3.05) is 14.2 Å². The third kappa shape index (κ3) is 4.63. The molecule has 0 fully saturated rings. The van der Waals surface area contributed by atoms with Gasteiger partial charge in [-0.2, -0.15) is 13.2 Å². The van der Waals surface area contributed by atoms with Crippen LogP contribution in [-0.4, -0.2) is 41.8 Å². The summed E-state index contributed by atoms with van der Waals surface area (Å²) in [5.74, 6) is -0.198. The molecular formula is C14H18F3NO3. The van der Waals surface area contributed by atoms with Crippen molar-refractivity contribution in [2.24, 2.45) is 0 Å². The summed E-state index contributed by atoms with van der Waals surface area (Å²) < 4.78 is 42.7. The number of benzene rings is 1. The second-order valence-electron chi connectivity index (χ2n) is 5.05. The van der Waals surface area contributed by atoms with Crippen molar-refractivity contribution in [2.45, 2.75) is 31.7 Å². The first-order chi connectivity index (χ1) is 9.56. The number of amides is 1. The van der Waals surface area contributed by atoms with Crippen LogP contribution in [0, 0.1) is 0 Å². The number of ether oxygens (including phenoxy) is 1. The highest BCUT2D eigenvalue weighted by atomic mass is 19.4. The van der Waals surface area contributed by atoms with Crippen LogP contribution in [0.3, 0.4) is 0 Å². The molecule has 0 saturated heterocycles. The Morgan fingerprint density at radius 3 is 2.52 bits per heavy atom. The van der Waals surface area contributed by atoms with Gasteiger partial charge < -0.3 is 14.7 Å². The average Bonchev–Trinajstić information content (AvgIpc) is 2.37. The number of nitrogens with zero attached hydrogens (tertiary/aromatic N) is 1. The van der Waals surface area contributed by atoms with Crippen LogP contribution in [0.25, 0.3) is 0 Å². The maximum atomic E-state index is 12.5. The minimum atomic E-state index is -4.85. The molecule has 1 rings (SSSR count). The van der Waals surface area contributed by atoms with Gasteiger partial charge in [0.1, 0.15) is 5.75 Å². The topological polar surface area (TPSA) is 49.8 Å². The van der Waals surface area contributed by atoms with Gasteiger partial charge in [-0.15, -0.1) is 0 Å². The summed E-state index contributed by atoms with van der Waals surface area (Å²) >= 11 is 0. The molecule has 1 aromatic carbocycles. The average molecular weight is 305 g/mol. The Balaban J connectivity index is 2.71. The van der Waals surface area contributed by atoms with Crippen molar-refractivity contribution in [3.05, 3.63) is 29.8 Å². The van der Waals surface area contributed by atoms with Gasteiger partial charge in [0.2, 0.25) is 5.91 Å². The maximum absolute atomic E-state index is 12.5. The molecule has 0 radical (unpaired) electrons. The molecule has 1 atom stereocenters. The lowest BCUT2D eigenvalue weighted by molar-refractivity contribution is -0.254. The van der Waals surface area contributed by atoms with E-state index in [-0.39, 0.29) is 6.54 Å². The van der Waals surface area contributed by atoms with Crippen LogP contribution in [0.1, 0.15) is 18.9 Å². The van der Waals surface area contributed by atoms with Crippen LogP contribution < -0.4 is 4.74 Å². The molecule has 0 saturated carbocycles. The number of aliphatic hydroxyl groups is 1. The molecule has 0 spiro atoms. The molecule has 118 valence electrons. The monoisotopic (exact) mass is 305 g/mol. The quantitative estimate of drug-likeness (QED) is 0.908. The predicted molar refractivity (Wildman–Crippen MR) is 70.8 cm³/mol. The van der Waals surface area contributed by atoms with E-state index in [1.54, 1.807) is 24.3 Å². The van der Waals surface area contributed by atoms with Gasteiger partial charge in [0.25, 0.3) is 0 Å². The lowest BCUT2D eigenvalue weighted by atomic mass is 10.0. The highest BCUT2D eigenvalue weighted by Gasteiger charge is 2.51. The second-order valence-corrected chi connectivity index (χ2v) is 5.05. The smallest absolute Gasteiger partial charge is 0.417 e. The maximum Gasteiger partial charge on any atom is 0.417 e. The second kappa shape index (κ2) is 6.34. The van der Waals surface area contributed by atoms with E-state index in [0.29, 0.717) is 12.7 Å². The van der Waals surface area contributed by atoms with Crippen LogP contribution in [-0.2, 0) is 11.3 Å². The van der Waals surface area contributed by atoms with Gasteiger partial charge in [-0.1, -0.05) is 12.1 Å². The Labute approximate surface area is 121 Å². The highest BCUT2D eigenvalue weighted by Crippen LogP contribution is 2.33. The summed E-state index contributed by atoms with van der Waals surface area (Å²) in [5.41, 5.74) is -2.32. The van der Waals surface area contributed by atoms with Crippen molar-refractivity contribution >= 4 is 5.91 Å². The molecule has 7 heteroatoms. The molecule has 0 heterocycles. The molecule has 1 aromatic rings. The number of methoxy groups -OCH3 is 1. The van der Waals surface area contributed by atoms with Crippen molar-refractivity contribution < 1.29 is 27.8 Å². The normalized spacial score (nSPS) is 14.4. The number of halogens is 3. The molecular weight excluding hydrogens is 287 g/mol. The summed E-state index contributed by atoms with van der Waals surface area (Å²) in [7, 11) is 2.88. The molecule has 0 aliphatic rings. The summed E-state index contributed by atoms with van der Waals surface area (Å²) in [6.07, 6.45) is -5.86. The summed E-state index contributed by atoms with van der Waals surface area (Å²) in [6, 6.07) is 6.86. The van der Waals surface area contributed by atoms with E-state index in [1.807, 2.05) is 0 Å². The molecule has 0 aromatic heterocycles. The molecule has 0 aliphatic carbocycles. The number of carbonyl (C=O) groups is 1. The fourth-order valence-corrected chi connectivity index (χ4v) is 1.66. The van der Waals surface area contributed by atoms with Gasteiger partial charge in [-0.25, -0.2) is 0 Å². The van der Waals surface area contributed by atoms with E-state index in [2.05, 4.69) is 0 Å². The molecule has 0 aliphatic heterocycles. The predicted octanol–water partition coefficient (Wildman–Crippen LogP) is 2.36. The fourth-order valence-electron chi connectivity index (χ4n) is 1.66. The molecule has 0 bridgehead atoms. The van der Waals surface area contributed by atoms with Gasteiger partial charge in [-0.3, -0.25) is 4.79 Å². The first kappa shape index (κ1) is 17.3. The minimum absolute atomic E-state index is 0.129. The third-order valence-electron chi connectivity index (χ3n) is 3.09. The van der Waals surface area contributed by atoms with Crippen LogP contribution in [0.4, 0.5) is 13.2 Å². The van der Waals surface area contributed by atoms with Gasteiger partial charge >= 0.3 is 6.18 Å². The van der Waals surface area contributed by atoms with Crippen LogP contribution >= 0.6 is 0 Å². The Morgan fingerprint density at radius 1 is 1.38 bits per heavy atom. The zero-order chi connectivity index (χ0) is 16.3. The SMILES string of the molecule is COc1cccc(CN(C)C(=O)CC(C)(O)C(F)(F)F)c1. The summed E-state index contributed by atoms with van der Waals surface area (Å²) in [6.45, 7) is 0.717. The number of rotatable bonds is 5. The van der Waals surface area contributed by atoms with Crippen LogP contribution in [0.2, 0.25) is 0 Å². The van der Waals surface area contributed by atoms with Crippen LogP contribution in [0.15, 0.2) is 24.3 Å². The fraction of sp³-hybridized carbons (Fsp3) is 0.500. The van der Waals surface area contributed by atoms with Crippen molar-refractivity contribution in [1.29, 1.82) is 0 Å². The number of hydrogen-bond acceptors (Lipinski definition) is 3. The van der Waals surface area contributed by atoms with Crippen LogP contribution in [0.5, 0.6) is 5.75 Å². The van der Waals surface area contributed by atoms with Gasteiger partial charge in [0.15, 0.2) is 5.60 Å². The molecule has 4 nitrogen and oxygen atoms in total. The zero-order valence-electron chi connectivity index (χ0n) is 12.1. The Bertz CT molecular complexity index is 500. The summed E-state index contributed by atoms with van der Waals surface area (Å²) in [5, 5.41) is 9.33. The molecule has 1 amide bonds. The molecule has 21 heavy (non-hydrogen) atoms. The lowest BCUT2D eigenvalue weighted by Gasteiger charge is -2.28. The minimum Gasteiger partial charge on any atom is -0.497 e. The third-order valence-corrected chi connectivity index (χ3v) is 3.09. The lowest BCUT2D eigenvalue weighted by Crippen LogP contribution is -2.46. The van der Waals surface area contributed by atoms with E-state index in [1.165, 1.54) is 14.2 Å². The van der Waals surface area contributed by atoms with E-state index < -0.39 is 24.1 Å². The largest absolute Gasteiger partial charge is 0.497 e. The summed E-state index contributed by atoms with van der Waals surface area (Å²) in [4.78, 5) is 12.9. The van der Waals surface area contributed by atoms with Crippen molar-refractivity contribution in [1.82, 2.24) is 4.90 Å². The van der Waals surface area contributed by atoms with Crippen molar-refractivity contribution in [3.63, 3.8) is 0 Å². The molecule has 1 N–H and O–H groups in total. The van der Waals surface area contributed by atoms with E-state index in [9.17, 15) is 23.1 Å². The zero-order valence-corrected chi connectivity index (χ0v) is 12.1. The first-order valence-corrected chi connectivity index (χ1v) is 6.23. The standard InChI is InChI=1S/C14H18F3NO3/c1-13(20,14(15,16)17)8-12(19)18(2)9-10-5-4-6-11(7-10)21-3/h4-7,20H,8-9H2,1-3H3. The number of carbonyl (C=O) groups excluding carboxylic acids is 1. The van der Waals surface area contributed by atoms with Gasteiger partial charge in [0.05, 0.1) is 13.5 Å². The Kier molecular flexibility index (Phi) is 5.22. The highest BCUT2D eigenvalue weighted by molar-refractivity contribution is 5.77. The van der Waals surface area contributed by atoms with E-state index >= 15 is 0 Å². The number of alkyl halides is 3. The first-order valence-electron chi connectivity index (χ1n) is 6.23. The molecule has 1 unspecified atom stereocenters.